The molecule has 0 saturated carbocycles. The number of hydrogen-bond acceptors (Lipinski definition) is 2. The van der Waals surface area contributed by atoms with Crippen molar-refractivity contribution in [2.45, 2.75) is 26.9 Å². The second-order valence-electron chi connectivity index (χ2n) is 1.33. The summed E-state index contributed by atoms with van der Waals surface area (Å²) in [6.07, 6.45) is 0.583. The third-order valence-corrected chi connectivity index (χ3v) is 0. The third-order valence-electron chi connectivity index (χ3n) is 0. The molecule has 0 bridgehead atoms. The molecule has 0 amide bonds. The Balaban J connectivity index is -0.0000000131. The molecule has 0 aromatic heterocycles. The summed E-state index contributed by atoms with van der Waals surface area (Å²) in [5, 5.41) is 8.06. The second-order valence-corrected chi connectivity index (χ2v) is 1.33. The Labute approximate surface area is 114 Å². The molecule has 0 unspecified atom stereocenters. The van der Waals surface area contributed by atoms with Gasteiger partial charge in [-0.15, -0.1) is 0 Å². The molecule has 0 aliphatic rings. The van der Waals surface area contributed by atoms with Crippen molar-refractivity contribution in [2.24, 2.45) is 0 Å². The zero-order chi connectivity index (χ0) is 6.28. The van der Waals surface area contributed by atoms with Crippen LogP contribution in [-0.4, -0.2) is 17.5 Å². The van der Waals surface area contributed by atoms with E-state index in [2.05, 4.69) is 0 Å². The number of aldehydes is 1. The van der Waals surface area contributed by atoms with Gasteiger partial charge in [-0.2, -0.15) is 0 Å². The van der Waals surface area contributed by atoms with Gasteiger partial charge in [-0.05, 0) is 20.8 Å². The van der Waals surface area contributed by atoms with Crippen LogP contribution in [0, 0.1) is 7.43 Å². The van der Waals surface area contributed by atoms with E-state index in [1.165, 1.54) is 6.92 Å². The van der Waals surface area contributed by atoms with Crippen LogP contribution in [0.2, 0.25) is 0 Å². The molecule has 58 valence electrons. The predicted molar refractivity (Wildman–Crippen MR) is 35.5 cm³/mol. The van der Waals surface area contributed by atoms with E-state index < -0.39 is 0 Å². The first-order valence-corrected chi connectivity index (χ1v) is 2.23. The maximum Gasteiger partial charge on any atom is 0.116 e. The zero-order valence-corrected chi connectivity index (χ0v) is 12.8. The van der Waals surface area contributed by atoms with Crippen LogP contribution < -0.4 is 0 Å². The van der Waals surface area contributed by atoms with Gasteiger partial charge in [-0.25, -0.2) is 0 Å². The summed E-state index contributed by atoms with van der Waals surface area (Å²) in [7, 11) is 0. The van der Waals surface area contributed by atoms with Crippen LogP contribution in [-0.2, 0) is 70.2 Å². The van der Waals surface area contributed by atoms with Crippen LogP contribution in [0.15, 0.2) is 0 Å². The molecule has 2 nitrogen and oxygen atoms in total. The van der Waals surface area contributed by atoms with Crippen molar-refractivity contribution in [3.05, 3.63) is 7.43 Å². The van der Waals surface area contributed by atoms with E-state index in [0.29, 0.717) is 0 Å². The molecular formula is C6H15O2Y2-. The molecule has 0 aromatic carbocycles. The fraction of sp³-hybridized carbons (Fsp3) is 0.667. The van der Waals surface area contributed by atoms with Crippen molar-refractivity contribution in [2.75, 3.05) is 0 Å². The Morgan fingerprint density at radius 2 is 1.30 bits per heavy atom. The summed E-state index contributed by atoms with van der Waals surface area (Å²) in [6, 6.07) is 0. The van der Waals surface area contributed by atoms with Crippen LogP contribution in [0.5, 0.6) is 0 Å². The maximum atomic E-state index is 8.81. The van der Waals surface area contributed by atoms with Crippen molar-refractivity contribution in [1.82, 2.24) is 0 Å². The van der Waals surface area contributed by atoms with Crippen LogP contribution in [0.25, 0.3) is 0 Å². The first kappa shape index (κ1) is 29.7. The molecule has 0 aromatic rings. The Bertz CT molecular complexity index is 38.0. The van der Waals surface area contributed by atoms with Gasteiger partial charge in [0.05, 0.1) is 0 Å². The van der Waals surface area contributed by atoms with Gasteiger partial charge in [0.15, 0.2) is 0 Å². The van der Waals surface area contributed by atoms with Gasteiger partial charge >= 0.3 is 0 Å². The predicted octanol–water partition coefficient (Wildman–Crippen LogP) is 1.04. The number of rotatable bonds is 0. The Hall–Kier alpha value is 1.84. The number of carbonyl (C=O) groups excluding carboxylic acids is 1. The summed E-state index contributed by atoms with van der Waals surface area (Å²) in [5.74, 6) is 0. The summed E-state index contributed by atoms with van der Waals surface area (Å²) < 4.78 is 0. The minimum absolute atomic E-state index is 0. The molecule has 0 aliphatic carbocycles. The quantitative estimate of drug-likeness (QED) is 0.536. The molecule has 0 heterocycles. The molecule has 0 fully saturated rings. The van der Waals surface area contributed by atoms with Crippen molar-refractivity contribution in [3.63, 3.8) is 0 Å². The average molecular weight is 297 g/mol. The van der Waals surface area contributed by atoms with Gasteiger partial charge in [-0.1, -0.05) is 0 Å². The van der Waals surface area contributed by atoms with E-state index >= 15 is 0 Å². The van der Waals surface area contributed by atoms with Gasteiger partial charge in [0.2, 0.25) is 0 Å². The molecule has 0 atom stereocenters. The van der Waals surface area contributed by atoms with Gasteiger partial charge < -0.3 is 17.3 Å². The largest absolute Gasteiger partial charge is 0.394 e. The molecule has 1 N–H and O–H groups in total. The Morgan fingerprint density at radius 1 is 1.30 bits per heavy atom. The van der Waals surface area contributed by atoms with Gasteiger partial charge in [0.25, 0.3) is 0 Å². The Morgan fingerprint density at radius 3 is 1.30 bits per heavy atom. The van der Waals surface area contributed by atoms with E-state index in [4.69, 9.17) is 9.90 Å². The molecule has 0 rings (SSSR count). The van der Waals surface area contributed by atoms with Gasteiger partial charge in [-0.3, -0.25) is 0 Å². The van der Waals surface area contributed by atoms with Gasteiger partial charge in [0, 0.05) is 71.5 Å². The van der Waals surface area contributed by atoms with Crippen LogP contribution in [0.3, 0.4) is 0 Å². The molecule has 2 radical (unpaired) electrons. The van der Waals surface area contributed by atoms with Crippen molar-refractivity contribution >= 4 is 6.29 Å². The molecule has 10 heavy (non-hydrogen) atoms. The monoisotopic (exact) mass is 297 g/mol. The standard InChI is InChI=1S/C3H8O.C2H4O.CH3.2Y/c1-3(2)4;1-2-3;;;/h3-4H,1-2H3;2H,1H3;1H3;;/q;;-1;;. The number of carbonyl (C=O) groups is 1. The van der Waals surface area contributed by atoms with E-state index in [-0.39, 0.29) is 78.9 Å². The number of hydrogen-bond donors (Lipinski definition) is 1. The zero-order valence-electron chi connectivity index (χ0n) is 7.16. The van der Waals surface area contributed by atoms with E-state index in [0.717, 1.165) is 6.29 Å². The first-order valence-electron chi connectivity index (χ1n) is 2.23. The minimum atomic E-state index is -0.167. The van der Waals surface area contributed by atoms with Crippen LogP contribution in [0.4, 0.5) is 0 Å². The van der Waals surface area contributed by atoms with Crippen LogP contribution in [0.1, 0.15) is 20.8 Å². The van der Waals surface area contributed by atoms with Crippen molar-refractivity contribution in [1.29, 1.82) is 0 Å². The maximum absolute atomic E-state index is 8.81. The SMILES string of the molecule is CC(C)O.CC=O.[CH3-].[Y].[Y]. The summed E-state index contributed by atoms with van der Waals surface area (Å²) in [6.45, 7) is 4.89. The van der Waals surface area contributed by atoms with E-state index in [1.54, 1.807) is 13.8 Å². The van der Waals surface area contributed by atoms with Crippen molar-refractivity contribution in [3.8, 4) is 0 Å². The first-order chi connectivity index (χ1) is 3.15. The van der Waals surface area contributed by atoms with Crippen LogP contribution >= 0.6 is 0 Å². The normalized spacial score (nSPS) is 4.90. The molecule has 4 heteroatoms. The topological polar surface area (TPSA) is 37.3 Å². The number of aliphatic hydroxyl groups is 1. The van der Waals surface area contributed by atoms with E-state index in [1.807, 2.05) is 0 Å². The fourth-order valence-corrected chi connectivity index (χ4v) is 0. The van der Waals surface area contributed by atoms with Gasteiger partial charge in [0.1, 0.15) is 6.29 Å². The second kappa shape index (κ2) is 30.8. The fourth-order valence-electron chi connectivity index (χ4n) is 0. The summed E-state index contributed by atoms with van der Waals surface area (Å²) >= 11 is 0. The summed E-state index contributed by atoms with van der Waals surface area (Å²) in [4.78, 5) is 8.81. The molecule has 0 aliphatic heterocycles. The molecule has 0 saturated heterocycles. The summed E-state index contributed by atoms with van der Waals surface area (Å²) in [5.41, 5.74) is 0. The van der Waals surface area contributed by atoms with E-state index in [9.17, 15) is 0 Å². The third kappa shape index (κ3) is 228. The number of aliphatic hydroxyl groups excluding tert-OH is 1. The minimum Gasteiger partial charge on any atom is -0.394 e. The molecule has 0 spiro atoms. The average Bonchev–Trinajstić information content (AvgIpc) is 1.33. The van der Waals surface area contributed by atoms with Crippen molar-refractivity contribution < 1.29 is 75.3 Å². The smallest absolute Gasteiger partial charge is 0.116 e. The Kier molecular flexibility index (Phi) is 91.5. The molecular weight excluding hydrogens is 282 g/mol.